The second-order valence-corrected chi connectivity index (χ2v) is 8.76. The van der Waals surface area contributed by atoms with Crippen molar-refractivity contribution in [2.45, 2.75) is 32.2 Å². The van der Waals surface area contributed by atoms with Gasteiger partial charge >= 0.3 is 0 Å². The molecule has 0 atom stereocenters. The van der Waals surface area contributed by atoms with E-state index < -0.39 is 0 Å². The molecule has 0 saturated carbocycles. The first-order chi connectivity index (χ1) is 13.5. The minimum absolute atomic E-state index is 0.136. The molecule has 0 radical (unpaired) electrons. The van der Waals surface area contributed by atoms with Gasteiger partial charge in [0.05, 0.1) is 12.1 Å². The Labute approximate surface area is 169 Å². The Morgan fingerprint density at radius 1 is 1.21 bits per heavy atom. The molecule has 0 unspecified atom stereocenters. The predicted octanol–water partition coefficient (Wildman–Crippen LogP) is 3.16. The molecule has 0 N–H and O–H groups in total. The number of likely N-dealkylation sites (tertiary alicyclic amines) is 1. The van der Waals surface area contributed by atoms with Crippen LogP contribution in [0.5, 0.6) is 0 Å². The molecule has 0 spiro atoms. The summed E-state index contributed by atoms with van der Waals surface area (Å²) in [4.78, 5) is 21.5. The predicted molar refractivity (Wildman–Crippen MR) is 112 cm³/mol. The molecule has 1 amide bonds. The number of carbonyl (C=O) groups excluding carboxylic acids is 1. The third-order valence-electron chi connectivity index (χ3n) is 5.51. The zero-order valence-corrected chi connectivity index (χ0v) is 17.4. The highest BCUT2D eigenvalue weighted by Crippen LogP contribution is 2.27. The minimum atomic E-state index is 0.136. The second-order valence-electron chi connectivity index (χ2n) is 7.58. The SMILES string of the molecule is Cc1nnc(-c2ccc3cnc(CC(=O)N(C)C4CCN(C)CC4)cc3c2)s1. The Bertz CT molecular complexity index is 993. The molecular formula is C21H25N5OS. The van der Waals surface area contributed by atoms with Crippen LogP contribution in [0.4, 0.5) is 0 Å². The number of hydrogen-bond donors (Lipinski definition) is 0. The van der Waals surface area contributed by atoms with Crippen LogP contribution in [0.15, 0.2) is 30.5 Å². The summed E-state index contributed by atoms with van der Waals surface area (Å²) < 4.78 is 0. The van der Waals surface area contributed by atoms with Gasteiger partial charge in [-0.3, -0.25) is 9.78 Å². The maximum absolute atomic E-state index is 12.8. The van der Waals surface area contributed by atoms with Crippen LogP contribution in [-0.2, 0) is 11.2 Å². The molecule has 3 aromatic rings. The quantitative estimate of drug-likeness (QED) is 0.679. The molecule has 1 aliphatic rings. The highest BCUT2D eigenvalue weighted by Gasteiger charge is 2.24. The minimum Gasteiger partial charge on any atom is -0.342 e. The molecule has 7 heteroatoms. The van der Waals surface area contributed by atoms with Gasteiger partial charge in [0.2, 0.25) is 5.91 Å². The normalized spacial score (nSPS) is 15.8. The molecule has 4 rings (SSSR count). The number of likely N-dealkylation sites (N-methyl/N-ethyl adjacent to an activating group) is 1. The van der Waals surface area contributed by atoms with Crippen LogP contribution in [0.25, 0.3) is 21.3 Å². The van der Waals surface area contributed by atoms with Gasteiger partial charge in [0, 0.05) is 30.2 Å². The molecule has 1 fully saturated rings. The average Bonchev–Trinajstić information content (AvgIpc) is 3.14. The number of aromatic nitrogens is 3. The zero-order valence-electron chi connectivity index (χ0n) is 16.6. The Hall–Kier alpha value is -2.38. The maximum Gasteiger partial charge on any atom is 0.228 e. The van der Waals surface area contributed by atoms with Crippen molar-refractivity contribution >= 4 is 28.0 Å². The molecule has 1 aromatic carbocycles. The number of nitrogens with zero attached hydrogens (tertiary/aromatic N) is 5. The summed E-state index contributed by atoms with van der Waals surface area (Å²) in [7, 11) is 4.06. The molecule has 28 heavy (non-hydrogen) atoms. The number of rotatable bonds is 4. The van der Waals surface area contributed by atoms with Crippen molar-refractivity contribution in [2.24, 2.45) is 0 Å². The summed E-state index contributed by atoms with van der Waals surface area (Å²) in [5.41, 5.74) is 1.85. The fourth-order valence-electron chi connectivity index (χ4n) is 3.70. The van der Waals surface area contributed by atoms with Crippen LogP contribution in [0.3, 0.4) is 0 Å². The number of pyridine rings is 1. The lowest BCUT2D eigenvalue weighted by atomic mass is 10.0. The number of amides is 1. The largest absolute Gasteiger partial charge is 0.342 e. The fraction of sp³-hybridized carbons (Fsp3) is 0.429. The topological polar surface area (TPSA) is 62.2 Å². The Balaban J connectivity index is 1.51. The number of aryl methyl sites for hydroxylation is 1. The highest BCUT2D eigenvalue weighted by atomic mass is 32.1. The summed E-state index contributed by atoms with van der Waals surface area (Å²) in [6.07, 6.45) is 4.26. The number of piperidine rings is 1. The fourth-order valence-corrected chi connectivity index (χ4v) is 4.38. The van der Waals surface area contributed by atoms with Gasteiger partial charge in [0.15, 0.2) is 0 Å². The van der Waals surface area contributed by atoms with Crippen LogP contribution in [-0.4, -0.2) is 64.1 Å². The van der Waals surface area contributed by atoms with E-state index in [4.69, 9.17) is 0 Å². The van der Waals surface area contributed by atoms with E-state index in [-0.39, 0.29) is 5.91 Å². The molecule has 146 valence electrons. The molecular weight excluding hydrogens is 370 g/mol. The van der Waals surface area contributed by atoms with Crippen molar-refractivity contribution in [3.8, 4) is 10.6 Å². The maximum atomic E-state index is 12.8. The lowest BCUT2D eigenvalue weighted by molar-refractivity contribution is -0.132. The summed E-state index contributed by atoms with van der Waals surface area (Å²) in [5, 5.41) is 12.3. The zero-order chi connectivity index (χ0) is 19.7. The van der Waals surface area contributed by atoms with E-state index in [1.807, 2.05) is 43.3 Å². The lowest BCUT2D eigenvalue weighted by Crippen LogP contribution is -2.45. The lowest BCUT2D eigenvalue weighted by Gasteiger charge is -2.35. The molecule has 1 aliphatic heterocycles. The van der Waals surface area contributed by atoms with E-state index in [2.05, 4.69) is 33.2 Å². The van der Waals surface area contributed by atoms with Crippen LogP contribution >= 0.6 is 11.3 Å². The highest BCUT2D eigenvalue weighted by molar-refractivity contribution is 7.14. The van der Waals surface area contributed by atoms with Crippen molar-refractivity contribution in [1.29, 1.82) is 0 Å². The molecule has 2 aromatic heterocycles. The van der Waals surface area contributed by atoms with Gasteiger partial charge < -0.3 is 9.80 Å². The third kappa shape index (κ3) is 4.05. The first-order valence-corrected chi connectivity index (χ1v) is 10.4. The molecule has 6 nitrogen and oxygen atoms in total. The summed E-state index contributed by atoms with van der Waals surface area (Å²) in [6.45, 7) is 4.05. The first kappa shape index (κ1) is 19.0. The van der Waals surface area contributed by atoms with Gasteiger partial charge in [-0.25, -0.2) is 0 Å². The number of fused-ring (bicyclic) bond motifs is 1. The van der Waals surface area contributed by atoms with Gasteiger partial charge in [-0.15, -0.1) is 10.2 Å². The van der Waals surface area contributed by atoms with E-state index in [0.717, 1.165) is 58.0 Å². The van der Waals surface area contributed by atoms with Crippen molar-refractivity contribution < 1.29 is 4.79 Å². The number of benzene rings is 1. The van der Waals surface area contributed by atoms with Gasteiger partial charge in [-0.05, 0) is 57.4 Å². The van der Waals surface area contributed by atoms with Crippen LogP contribution in [0.1, 0.15) is 23.5 Å². The molecule has 3 heterocycles. The molecule has 0 aliphatic carbocycles. The van der Waals surface area contributed by atoms with E-state index in [0.29, 0.717) is 12.5 Å². The van der Waals surface area contributed by atoms with Crippen molar-refractivity contribution in [3.05, 3.63) is 41.2 Å². The number of carbonyl (C=O) groups is 1. The van der Waals surface area contributed by atoms with Crippen molar-refractivity contribution in [2.75, 3.05) is 27.2 Å². The summed E-state index contributed by atoms with van der Waals surface area (Å²) in [6, 6.07) is 8.54. The van der Waals surface area contributed by atoms with Gasteiger partial charge in [0.25, 0.3) is 0 Å². The number of hydrogen-bond acceptors (Lipinski definition) is 6. The monoisotopic (exact) mass is 395 g/mol. The van der Waals surface area contributed by atoms with Crippen molar-refractivity contribution in [3.63, 3.8) is 0 Å². The first-order valence-electron chi connectivity index (χ1n) is 9.63. The summed E-state index contributed by atoms with van der Waals surface area (Å²) >= 11 is 1.58. The average molecular weight is 396 g/mol. The van der Waals surface area contributed by atoms with E-state index >= 15 is 0 Å². The third-order valence-corrected chi connectivity index (χ3v) is 6.40. The van der Waals surface area contributed by atoms with Gasteiger partial charge in [0.1, 0.15) is 10.0 Å². The van der Waals surface area contributed by atoms with Crippen LogP contribution in [0.2, 0.25) is 0 Å². The Morgan fingerprint density at radius 3 is 2.71 bits per heavy atom. The Kier molecular flexibility index (Phi) is 5.37. The summed E-state index contributed by atoms with van der Waals surface area (Å²) in [5.74, 6) is 0.136. The van der Waals surface area contributed by atoms with Gasteiger partial charge in [-0.1, -0.05) is 23.5 Å². The molecule has 1 saturated heterocycles. The van der Waals surface area contributed by atoms with E-state index in [9.17, 15) is 4.79 Å². The molecule has 0 bridgehead atoms. The van der Waals surface area contributed by atoms with Crippen molar-refractivity contribution in [1.82, 2.24) is 25.0 Å². The smallest absolute Gasteiger partial charge is 0.228 e. The van der Waals surface area contributed by atoms with Crippen LogP contribution < -0.4 is 0 Å². The standard InChI is InChI=1S/C21H25N5OS/c1-14-23-24-21(28-14)15-4-5-16-13-22-18(11-17(16)10-15)12-20(27)26(3)19-6-8-25(2)9-7-19/h4-5,10-11,13,19H,6-9,12H2,1-3H3. The van der Waals surface area contributed by atoms with Crippen LogP contribution in [0, 0.1) is 6.92 Å². The van der Waals surface area contributed by atoms with E-state index in [1.165, 1.54) is 0 Å². The second kappa shape index (κ2) is 7.93. The Morgan fingerprint density at radius 2 is 2.00 bits per heavy atom. The van der Waals surface area contributed by atoms with E-state index in [1.54, 1.807) is 11.3 Å². The van der Waals surface area contributed by atoms with Gasteiger partial charge in [-0.2, -0.15) is 0 Å².